The zero-order valence-electron chi connectivity index (χ0n) is 15.0. The second-order valence-corrected chi connectivity index (χ2v) is 7.40. The summed E-state index contributed by atoms with van der Waals surface area (Å²) in [4.78, 5) is 15.1. The van der Waals surface area contributed by atoms with Crippen LogP contribution in [-0.2, 0) is 11.8 Å². The highest BCUT2D eigenvalue weighted by molar-refractivity contribution is 5.83. The quantitative estimate of drug-likeness (QED) is 0.855. The topological polar surface area (TPSA) is 38.1 Å². The fourth-order valence-corrected chi connectivity index (χ4v) is 4.39. The molecule has 0 bridgehead atoms. The van der Waals surface area contributed by atoms with E-state index in [9.17, 15) is 9.18 Å². The van der Waals surface area contributed by atoms with Gasteiger partial charge in [0.05, 0.1) is 11.7 Å². The van der Waals surface area contributed by atoms with Gasteiger partial charge < -0.3 is 4.90 Å². The van der Waals surface area contributed by atoms with Crippen LogP contribution in [0.2, 0.25) is 0 Å². The van der Waals surface area contributed by atoms with Crippen molar-refractivity contribution in [1.29, 1.82) is 0 Å². The number of hydrogen-bond donors (Lipinski definition) is 0. The lowest BCUT2D eigenvalue weighted by Crippen LogP contribution is -2.32. The average Bonchev–Trinajstić information content (AvgIpc) is 3.17. The summed E-state index contributed by atoms with van der Waals surface area (Å²) in [6.45, 7) is 4.91. The van der Waals surface area contributed by atoms with E-state index in [1.165, 1.54) is 11.6 Å². The summed E-state index contributed by atoms with van der Waals surface area (Å²) in [5, 5.41) is 4.52. The molecular formula is C20H24FN3O. The Bertz CT molecular complexity index is 828. The number of aromatic nitrogens is 2. The predicted molar refractivity (Wildman–Crippen MR) is 93.6 cm³/mol. The fraction of sp³-hybridized carbons (Fsp3) is 0.500. The van der Waals surface area contributed by atoms with Gasteiger partial charge in [-0.2, -0.15) is 5.10 Å². The first kappa shape index (κ1) is 16.3. The van der Waals surface area contributed by atoms with Gasteiger partial charge in [0, 0.05) is 30.8 Å². The molecule has 1 saturated heterocycles. The maximum atomic E-state index is 13.5. The lowest BCUT2D eigenvalue weighted by atomic mass is 10.0. The van der Waals surface area contributed by atoms with Crippen molar-refractivity contribution in [2.75, 3.05) is 6.54 Å². The fourth-order valence-electron chi connectivity index (χ4n) is 4.39. The summed E-state index contributed by atoms with van der Waals surface area (Å²) in [5.74, 6) is 0.163. The zero-order valence-corrected chi connectivity index (χ0v) is 15.0. The van der Waals surface area contributed by atoms with Gasteiger partial charge in [0.2, 0.25) is 5.91 Å². The molecule has 2 heterocycles. The third-order valence-corrected chi connectivity index (χ3v) is 5.82. The minimum Gasteiger partial charge on any atom is -0.335 e. The van der Waals surface area contributed by atoms with E-state index in [-0.39, 0.29) is 29.6 Å². The largest absolute Gasteiger partial charge is 0.335 e. The smallest absolute Gasteiger partial charge is 0.226 e. The van der Waals surface area contributed by atoms with Gasteiger partial charge in [0.15, 0.2) is 0 Å². The van der Waals surface area contributed by atoms with E-state index in [1.54, 1.807) is 12.1 Å². The van der Waals surface area contributed by atoms with Crippen molar-refractivity contribution in [2.24, 2.45) is 13.0 Å². The highest BCUT2D eigenvalue weighted by atomic mass is 19.1. The monoisotopic (exact) mass is 341 g/mol. The van der Waals surface area contributed by atoms with Crippen molar-refractivity contribution in [3.05, 3.63) is 52.6 Å². The Labute approximate surface area is 147 Å². The van der Waals surface area contributed by atoms with Crippen LogP contribution in [0.4, 0.5) is 4.39 Å². The van der Waals surface area contributed by atoms with Crippen LogP contribution < -0.4 is 0 Å². The summed E-state index contributed by atoms with van der Waals surface area (Å²) in [6.07, 6.45) is 2.86. The first-order chi connectivity index (χ1) is 12.0. The van der Waals surface area contributed by atoms with Crippen LogP contribution >= 0.6 is 0 Å². The summed E-state index contributed by atoms with van der Waals surface area (Å²) >= 11 is 0. The molecule has 2 fully saturated rings. The molecule has 1 aromatic carbocycles. The van der Waals surface area contributed by atoms with Crippen LogP contribution in [0, 0.1) is 25.6 Å². The standard InChI is InChI=1S/C20H24FN3O/c1-12-19(13(2)23(3)22-12)18-8-5-9-24(18)20(25)17-11-16(17)14-6-4-7-15(21)10-14/h4,6-7,10,16-18H,5,8-9,11H2,1-3H3/t16-,17-,18-/m0/s1. The Kier molecular flexibility index (Phi) is 3.89. The van der Waals surface area contributed by atoms with E-state index < -0.39 is 0 Å². The van der Waals surface area contributed by atoms with E-state index in [2.05, 4.69) is 12.0 Å². The number of hydrogen-bond acceptors (Lipinski definition) is 2. The Hall–Kier alpha value is -2.17. The van der Waals surface area contributed by atoms with Gasteiger partial charge >= 0.3 is 0 Å². The molecule has 4 nitrogen and oxygen atoms in total. The lowest BCUT2D eigenvalue weighted by Gasteiger charge is -2.25. The van der Waals surface area contributed by atoms with E-state index in [1.807, 2.05) is 29.6 Å². The van der Waals surface area contributed by atoms with Crippen molar-refractivity contribution in [2.45, 2.75) is 45.1 Å². The van der Waals surface area contributed by atoms with E-state index in [0.29, 0.717) is 0 Å². The van der Waals surface area contributed by atoms with E-state index in [0.717, 1.165) is 42.8 Å². The number of carbonyl (C=O) groups excluding carboxylic acids is 1. The maximum absolute atomic E-state index is 13.5. The van der Waals surface area contributed by atoms with E-state index in [4.69, 9.17) is 0 Å². The second-order valence-electron chi connectivity index (χ2n) is 7.40. The molecule has 2 aromatic rings. The van der Waals surface area contributed by atoms with Gasteiger partial charge in [-0.15, -0.1) is 0 Å². The number of amides is 1. The van der Waals surface area contributed by atoms with Crippen LogP contribution in [0.1, 0.15) is 53.7 Å². The minimum absolute atomic E-state index is 0.000293. The van der Waals surface area contributed by atoms with Crippen molar-refractivity contribution in [3.63, 3.8) is 0 Å². The number of aryl methyl sites for hydroxylation is 2. The van der Waals surface area contributed by atoms with Crippen LogP contribution in [0.3, 0.4) is 0 Å². The maximum Gasteiger partial charge on any atom is 0.226 e. The molecule has 0 radical (unpaired) electrons. The number of rotatable bonds is 3. The average molecular weight is 341 g/mol. The molecular weight excluding hydrogens is 317 g/mol. The first-order valence-electron chi connectivity index (χ1n) is 9.03. The summed E-state index contributed by atoms with van der Waals surface area (Å²) in [6, 6.07) is 6.81. The SMILES string of the molecule is Cc1nn(C)c(C)c1[C@@H]1CCCN1C(=O)[C@H]1C[C@H]1c1cccc(F)c1. The van der Waals surface area contributed by atoms with Crippen LogP contribution in [0.5, 0.6) is 0 Å². The van der Waals surface area contributed by atoms with Crippen molar-refractivity contribution in [3.8, 4) is 0 Å². The van der Waals surface area contributed by atoms with Gasteiger partial charge in [0.25, 0.3) is 0 Å². The minimum atomic E-state index is -0.226. The van der Waals surface area contributed by atoms with Crippen LogP contribution in [0.25, 0.3) is 0 Å². The first-order valence-corrected chi connectivity index (χ1v) is 9.03. The zero-order chi connectivity index (χ0) is 17.7. The predicted octanol–water partition coefficient (Wildman–Crippen LogP) is 3.64. The molecule has 5 heteroatoms. The van der Waals surface area contributed by atoms with Gasteiger partial charge in [-0.05, 0) is 56.7 Å². The van der Waals surface area contributed by atoms with Crippen molar-refractivity contribution >= 4 is 5.91 Å². The lowest BCUT2D eigenvalue weighted by molar-refractivity contribution is -0.133. The number of halogens is 1. The highest BCUT2D eigenvalue weighted by Gasteiger charge is 2.48. The number of nitrogens with zero attached hydrogens (tertiary/aromatic N) is 3. The second kappa shape index (κ2) is 5.97. The molecule has 1 aromatic heterocycles. The molecule has 3 atom stereocenters. The van der Waals surface area contributed by atoms with Crippen LogP contribution in [-0.4, -0.2) is 27.1 Å². The number of benzene rings is 1. The normalized spacial score (nSPS) is 25.4. The number of likely N-dealkylation sites (tertiary alicyclic amines) is 1. The third-order valence-electron chi connectivity index (χ3n) is 5.82. The molecule has 0 N–H and O–H groups in total. The summed E-state index contributed by atoms with van der Waals surface area (Å²) in [7, 11) is 1.95. The third kappa shape index (κ3) is 2.75. The Morgan fingerprint density at radius 2 is 2.12 bits per heavy atom. The Morgan fingerprint density at radius 3 is 2.80 bits per heavy atom. The molecule has 1 amide bonds. The van der Waals surface area contributed by atoms with Gasteiger partial charge in [0.1, 0.15) is 5.82 Å². The molecule has 2 aliphatic rings. The molecule has 25 heavy (non-hydrogen) atoms. The van der Waals surface area contributed by atoms with Crippen molar-refractivity contribution < 1.29 is 9.18 Å². The molecule has 1 saturated carbocycles. The Morgan fingerprint density at radius 1 is 1.32 bits per heavy atom. The van der Waals surface area contributed by atoms with Gasteiger partial charge in [-0.1, -0.05) is 12.1 Å². The van der Waals surface area contributed by atoms with Gasteiger partial charge in [-0.25, -0.2) is 4.39 Å². The highest BCUT2D eigenvalue weighted by Crippen LogP contribution is 2.50. The Balaban J connectivity index is 1.54. The molecule has 1 aliphatic carbocycles. The molecule has 132 valence electrons. The summed E-state index contributed by atoms with van der Waals surface area (Å²) < 4.78 is 15.4. The molecule has 0 spiro atoms. The number of carbonyl (C=O) groups is 1. The molecule has 0 unspecified atom stereocenters. The summed E-state index contributed by atoms with van der Waals surface area (Å²) in [5.41, 5.74) is 4.31. The van der Waals surface area contributed by atoms with Crippen LogP contribution in [0.15, 0.2) is 24.3 Å². The molecule has 1 aliphatic heterocycles. The van der Waals surface area contributed by atoms with Gasteiger partial charge in [-0.3, -0.25) is 9.48 Å². The molecule has 4 rings (SSSR count). The van der Waals surface area contributed by atoms with E-state index >= 15 is 0 Å². The van der Waals surface area contributed by atoms with Crippen molar-refractivity contribution in [1.82, 2.24) is 14.7 Å².